The largest absolute Gasteiger partial charge is 0.493 e. The smallest absolute Gasteiger partial charge is 0.149 e. The standard InChI is InChI=1S/C20H19N3O/c1-3-10-24-19-7-5-4-6-15(19)12-16(13-21)20-22-17-9-8-14(2)11-18(17)23-20/h4-9,11-12H,3,10H2,1-2H3,(H,22,23)/b16-12-. The number of nitriles is 1. The van der Waals surface area contributed by atoms with Crippen LogP contribution in [0.1, 0.15) is 30.3 Å². The molecule has 120 valence electrons. The average Bonchev–Trinajstić information content (AvgIpc) is 3.01. The molecule has 1 N–H and O–H groups in total. The fraction of sp³-hybridized carbons (Fsp3) is 0.200. The van der Waals surface area contributed by atoms with E-state index in [0.29, 0.717) is 18.0 Å². The van der Waals surface area contributed by atoms with Gasteiger partial charge in [0.15, 0.2) is 0 Å². The van der Waals surface area contributed by atoms with Crippen LogP contribution < -0.4 is 4.74 Å². The van der Waals surface area contributed by atoms with Gasteiger partial charge < -0.3 is 9.72 Å². The van der Waals surface area contributed by atoms with E-state index in [1.807, 2.05) is 55.5 Å². The topological polar surface area (TPSA) is 61.7 Å². The van der Waals surface area contributed by atoms with Crippen molar-refractivity contribution in [2.24, 2.45) is 0 Å². The highest BCUT2D eigenvalue weighted by Crippen LogP contribution is 2.25. The SMILES string of the molecule is CCCOc1ccccc1/C=C(/C#N)c1nc2ccc(C)cc2[nH]1. The molecule has 0 aliphatic rings. The molecule has 24 heavy (non-hydrogen) atoms. The van der Waals surface area contributed by atoms with Crippen molar-refractivity contribution >= 4 is 22.7 Å². The zero-order chi connectivity index (χ0) is 16.9. The molecule has 0 radical (unpaired) electrons. The van der Waals surface area contributed by atoms with Gasteiger partial charge in [-0.15, -0.1) is 0 Å². The van der Waals surface area contributed by atoms with E-state index in [4.69, 9.17) is 4.74 Å². The Labute approximate surface area is 141 Å². The molecule has 0 amide bonds. The van der Waals surface area contributed by atoms with Crippen molar-refractivity contribution in [1.82, 2.24) is 9.97 Å². The van der Waals surface area contributed by atoms with E-state index in [1.165, 1.54) is 0 Å². The fourth-order valence-electron chi connectivity index (χ4n) is 2.50. The van der Waals surface area contributed by atoms with Gasteiger partial charge in [-0.05, 0) is 43.2 Å². The number of ether oxygens (including phenoxy) is 1. The first-order valence-corrected chi connectivity index (χ1v) is 8.01. The Morgan fingerprint density at radius 1 is 1.29 bits per heavy atom. The second-order valence-electron chi connectivity index (χ2n) is 5.66. The van der Waals surface area contributed by atoms with Crippen molar-refractivity contribution < 1.29 is 4.74 Å². The molecule has 3 aromatic rings. The Bertz CT molecular complexity index is 931. The van der Waals surface area contributed by atoms with Crippen LogP contribution in [-0.2, 0) is 0 Å². The molecule has 0 bridgehead atoms. The maximum Gasteiger partial charge on any atom is 0.149 e. The number of imidazole rings is 1. The number of benzene rings is 2. The average molecular weight is 317 g/mol. The minimum absolute atomic E-state index is 0.483. The summed E-state index contributed by atoms with van der Waals surface area (Å²) in [5, 5.41) is 9.57. The summed E-state index contributed by atoms with van der Waals surface area (Å²) < 4.78 is 5.76. The number of aryl methyl sites for hydroxylation is 1. The van der Waals surface area contributed by atoms with E-state index >= 15 is 0 Å². The second-order valence-corrected chi connectivity index (χ2v) is 5.66. The molecule has 4 nitrogen and oxygen atoms in total. The lowest BCUT2D eigenvalue weighted by Crippen LogP contribution is -1.97. The first kappa shape index (κ1) is 15.8. The van der Waals surface area contributed by atoms with E-state index in [1.54, 1.807) is 0 Å². The Morgan fingerprint density at radius 3 is 2.92 bits per heavy atom. The number of fused-ring (bicyclic) bond motifs is 1. The minimum Gasteiger partial charge on any atom is -0.493 e. The first-order valence-electron chi connectivity index (χ1n) is 8.01. The van der Waals surface area contributed by atoms with Gasteiger partial charge in [0, 0.05) is 5.56 Å². The summed E-state index contributed by atoms with van der Waals surface area (Å²) in [7, 11) is 0. The van der Waals surface area contributed by atoms with Gasteiger partial charge in [-0.3, -0.25) is 0 Å². The molecule has 0 spiro atoms. The summed E-state index contributed by atoms with van der Waals surface area (Å²) in [6, 6.07) is 15.9. The summed E-state index contributed by atoms with van der Waals surface area (Å²) in [5.41, 5.74) is 4.29. The Hall–Kier alpha value is -3.06. The summed E-state index contributed by atoms with van der Waals surface area (Å²) >= 11 is 0. The van der Waals surface area contributed by atoms with Crippen LogP contribution in [0.5, 0.6) is 5.75 Å². The second kappa shape index (κ2) is 7.01. The van der Waals surface area contributed by atoms with Crippen molar-refractivity contribution in [3.8, 4) is 11.8 Å². The lowest BCUT2D eigenvalue weighted by atomic mass is 10.1. The van der Waals surface area contributed by atoms with Gasteiger partial charge in [-0.25, -0.2) is 4.98 Å². The van der Waals surface area contributed by atoms with Crippen molar-refractivity contribution in [1.29, 1.82) is 5.26 Å². The number of nitrogens with one attached hydrogen (secondary N) is 1. The van der Waals surface area contributed by atoms with Gasteiger partial charge >= 0.3 is 0 Å². The molecular weight excluding hydrogens is 298 g/mol. The molecule has 0 aliphatic carbocycles. The highest BCUT2D eigenvalue weighted by atomic mass is 16.5. The van der Waals surface area contributed by atoms with Crippen LogP contribution in [-0.4, -0.2) is 16.6 Å². The minimum atomic E-state index is 0.483. The molecule has 0 saturated heterocycles. The zero-order valence-corrected chi connectivity index (χ0v) is 13.8. The van der Waals surface area contributed by atoms with E-state index in [-0.39, 0.29) is 0 Å². The Balaban J connectivity index is 2.01. The number of aromatic nitrogens is 2. The van der Waals surface area contributed by atoms with Gasteiger partial charge in [0.25, 0.3) is 0 Å². The molecule has 3 rings (SSSR count). The lowest BCUT2D eigenvalue weighted by Gasteiger charge is -2.08. The normalized spacial score (nSPS) is 11.5. The number of hydrogen-bond acceptors (Lipinski definition) is 3. The number of para-hydroxylation sites is 1. The third kappa shape index (κ3) is 3.31. The third-order valence-corrected chi connectivity index (χ3v) is 3.69. The maximum absolute atomic E-state index is 9.57. The maximum atomic E-state index is 9.57. The van der Waals surface area contributed by atoms with E-state index in [0.717, 1.165) is 34.3 Å². The number of allylic oxidation sites excluding steroid dienone is 1. The monoisotopic (exact) mass is 317 g/mol. The van der Waals surface area contributed by atoms with Crippen molar-refractivity contribution in [2.45, 2.75) is 20.3 Å². The van der Waals surface area contributed by atoms with Crippen LogP contribution in [0.15, 0.2) is 42.5 Å². The number of H-pyrrole nitrogens is 1. The highest BCUT2D eigenvalue weighted by Gasteiger charge is 2.09. The Kier molecular flexibility index (Phi) is 4.62. The van der Waals surface area contributed by atoms with Gasteiger partial charge in [-0.2, -0.15) is 5.26 Å². The van der Waals surface area contributed by atoms with Crippen LogP contribution in [0.25, 0.3) is 22.7 Å². The van der Waals surface area contributed by atoms with Crippen LogP contribution in [0.4, 0.5) is 0 Å². The van der Waals surface area contributed by atoms with Crippen molar-refractivity contribution in [3.05, 3.63) is 59.4 Å². The summed E-state index contributed by atoms with van der Waals surface area (Å²) in [4.78, 5) is 7.75. The van der Waals surface area contributed by atoms with Crippen LogP contribution in [0.2, 0.25) is 0 Å². The third-order valence-electron chi connectivity index (χ3n) is 3.69. The van der Waals surface area contributed by atoms with E-state index in [2.05, 4.69) is 23.0 Å². The molecule has 1 aromatic heterocycles. The van der Waals surface area contributed by atoms with Crippen LogP contribution in [0, 0.1) is 18.3 Å². The Morgan fingerprint density at radius 2 is 2.12 bits per heavy atom. The molecule has 0 fully saturated rings. The summed E-state index contributed by atoms with van der Waals surface area (Å²) in [6.07, 6.45) is 2.75. The molecule has 0 unspecified atom stereocenters. The van der Waals surface area contributed by atoms with Crippen molar-refractivity contribution in [3.63, 3.8) is 0 Å². The fourth-order valence-corrected chi connectivity index (χ4v) is 2.50. The molecule has 0 aliphatic heterocycles. The van der Waals surface area contributed by atoms with E-state index in [9.17, 15) is 5.26 Å². The number of aromatic amines is 1. The van der Waals surface area contributed by atoms with Crippen LogP contribution in [0.3, 0.4) is 0 Å². The van der Waals surface area contributed by atoms with Gasteiger partial charge in [0.1, 0.15) is 17.6 Å². The predicted octanol–water partition coefficient (Wildman–Crippen LogP) is 4.72. The quantitative estimate of drug-likeness (QED) is 0.692. The van der Waals surface area contributed by atoms with Gasteiger partial charge in [0.2, 0.25) is 0 Å². The number of rotatable bonds is 5. The van der Waals surface area contributed by atoms with Gasteiger partial charge in [-0.1, -0.05) is 31.2 Å². The number of nitrogens with zero attached hydrogens (tertiary/aromatic N) is 2. The molecule has 1 heterocycles. The first-order chi connectivity index (χ1) is 11.7. The lowest BCUT2D eigenvalue weighted by molar-refractivity contribution is 0.317. The molecule has 4 heteroatoms. The summed E-state index contributed by atoms with van der Waals surface area (Å²) in [6.45, 7) is 4.74. The molecule has 0 atom stereocenters. The number of hydrogen-bond donors (Lipinski definition) is 1. The molecule has 0 saturated carbocycles. The van der Waals surface area contributed by atoms with Crippen LogP contribution >= 0.6 is 0 Å². The predicted molar refractivity (Wildman–Crippen MR) is 96.5 cm³/mol. The van der Waals surface area contributed by atoms with Gasteiger partial charge in [0.05, 0.1) is 23.2 Å². The van der Waals surface area contributed by atoms with E-state index < -0.39 is 0 Å². The highest BCUT2D eigenvalue weighted by molar-refractivity contribution is 5.91. The molecule has 2 aromatic carbocycles. The zero-order valence-electron chi connectivity index (χ0n) is 13.8. The summed E-state index contributed by atoms with van der Waals surface area (Å²) in [5.74, 6) is 1.35. The van der Waals surface area contributed by atoms with Crippen molar-refractivity contribution in [2.75, 3.05) is 6.61 Å². The molecular formula is C20H19N3O.